The van der Waals surface area contributed by atoms with E-state index in [2.05, 4.69) is 46.8 Å². The van der Waals surface area contributed by atoms with E-state index >= 15 is 0 Å². The van der Waals surface area contributed by atoms with Crippen LogP contribution in [0.25, 0.3) is 0 Å². The molecule has 0 unspecified atom stereocenters. The van der Waals surface area contributed by atoms with Crippen molar-refractivity contribution in [1.29, 1.82) is 0 Å². The molecule has 0 aliphatic heterocycles. The SMILES string of the molecule is Cc1cc(C(C)C)c(OCC(=O)O)c(C(C)C)c1. The van der Waals surface area contributed by atoms with Gasteiger partial charge in [0.1, 0.15) is 5.75 Å². The average molecular weight is 250 g/mol. The van der Waals surface area contributed by atoms with Crippen molar-refractivity contribution in [1.82, 2.24) is 0 Å². The summed E-state index contributed by atoms with van der Waals surface area (Å²) in [5.74, 6) is 0.422. The fourth-order valence-electron chi connectivity index (χ4n) is 1.99. The molecule has 0 bridgehead atoms. The minimum atomic E-state index is -0.944. The van der Waals surface area contributed by atoms with Gasteiger partial charge in [-0.2, -0.15) is 0 Å². The van der Waals surface area contributed by atoms with Crippen LogP contribution < -0.4 is 4.74 Å². The number of aryl methyl sites for hydroxylation is 1. The molecule has 1 rings (SSSR count). The van der Waals surface area contributed by atoms with Crippen LogP contribution >= 0.6 is 0 Å². The van der Waals surface area contributed by atoms with E-state index in [9.17, 15) is 4.79 Å². The van der Waals surface area contributed by atoms with E-state index in [-0.39, 0.29) is 6.61 Å². The Morgan fingerprint density at radius 1 is 1.17 bits per heavy atom. The molecule has 18 heavy (non-hydrogen) atoms. The predicted molar refractivity (Wildman–Crippen MR) is 72.5 cm³/mol. The average Bonchev–Trinajstić information content (AvgIpc) is 2.25. The Morgan fingerprint density at radius 3 is 1.94 bits per heavy atom. The van der Waals surface area contributed by atoms with Crippen molar-refractivity contribution in [2.45, 2.75) is 46.5 Å². The fourth-order valence-corrected chi connectivity index (χ4v) is 1.99. The van der Waals surface area contributed by atoms with Gasteiger partial charge in [0.15, 0.2) is 6.61 Å². The molecule has 1 aromatic carbocycles. The van der Waals surface area contributed by atoms with Crippen LogP contribution in [0, 0.1) is 6.92 Å². The van der Waals surface area contributed by atoms with Gasteiger partial charge in [-0.25, -0.2) is 4.79 Å². The minimum absolute atomic E-state index is 0.289. The largest absolute Gasteiger partial charge is 0.481 e. The van der Waals surface area contributed by atoms with Crippen LogP contribution in [-0.2, 0) is 4.79 Å². The van der Waals surface area contributed by atoms with E-state index in [1.54, 1.807) is 0 Å². The van der Waals surface area contributed by atoms with Crippen LogP contribution in [0.5, 0.6) is 5.75 Å². The summed E-state index contributed by atoms with van der Waals surface area (Å²) in [6.07, 6.45) is 0. The summed E-state index contributed by atoms with van der Waals surface area (Å²) in [4.78, 5) is 10.7. The third-order valence-corrected chi connectivity index (χ3v) is 2.87. The van der Waals surface area contributed by atoms with Crippen molar-refractivity contribution < 1.29 is 14.6 Å². The predicted octanol–water partition coefficient (Wildman–Crippen LogP) is 3.71. The van der Waals surface area contributed by atoms with Crippen LogP contribution in [0.4, 0.5) is 0 Å². The van der Waals surface area contributed by atoms with Crippen molar-refractivity contribution >= 4 is 5.97 Å². The molecule has 100 valence electrons. The summed E-state index contributed by atoms with van der Waals surface area (Å²) < 4.78 is 5.51. The summed E-state index contributed by atoms with van der Waals surface area (Å²) in [6, 6.07) is 4.15. The number of carboxylic acids is 1. The first-order valence-corrected chi connectivity index (χ1v) is 6.32. The molecule has 0 saturated carbocycles. The third kappa shape index (κ3) is 3.49. The second-order valence-electron chi connectivity index (χ2n) is 5.26. The Balaban J connectivity index is 3.26. The second kappa shape index (κ2) is 5.89. The summed E-state index contributed by atoms with van der Waals surface area (Å²) in [5.41, 5.74) is 3.35. The van der Waals surface area contributed by atoms with Crippen molar-refractivity contribution in [2.24, 2.45) is 0 Å². The maximum absolute atomic E-state index is 10.7. The highest BCUT2D eigenvalue weighted by molar-refractivity contribution is 5.68. The number of hydrogen-bond acceptors (Lipinski definition) is 2. The van der Waals surface area contributed by atoms with Crippen molar-refractivity contribution in [3.8, 4) is 5.75 Å². The Bertz CT molecular complexity index is 404. The Kier molecular flexibility index (Phi) is 4.76. The van der Waals surface area contributed by atoms with Gasteiger partial charge < -0.3 is 9.84 Å². The first kappa shape index (κ1) is 14.6. The number of benzene rings is 1. The highest BCUT2D eigenvalue weighted by atomic mass is 16.5. The van der Waals surface area contributed by atoms with Crippen LogP contribution in [0.3, 0.4) is 0 Å². The summed E-state index contributed by atoms with van der Waals surface area (Å²) in [7, 11) is 0. The van der Waals surface area contributed by atoms with E-state index in [0.717, 1.165) is 16.9 Å². The second-order valence-corrected chi connectivity index (χ2v) is 5.26. The zero-order chi connectivity index (χ0) is 13.9. The van der Waals surface area contributed by atoms with Crippen LogP contribution in [0.15, 0.2) is 12.1 Å². The topological polar surface area (TPSA) is 46.5 Å². The lowest BCUT2D eigenvalue weighted by molar-refractivity contribution is -0.139. The molecule has 0 aliphatic carbocycles. The molecule has 0 saturated heterocycles. The van der Waals surface area contributed by atoms with E-state index in [4.69, 9.17) is 9.84 Å². The molecular formula is C15H22O3. The van der Waals surface area contributed by atoms with E-state index < -0.39 is 5.97 Å². The molecule has 0 fully saturated rings. The number of rotatable bonds is 5. The number of aliphatic carboxylic acids is 1. The van der Waals surface area contributed by atoms with Gasteiger partial charge in [0, 0.05) is 0 Å². The number of carbonyl (C=O) groups is 1. The van der Waals surface area contributed by atoms with Crippen molar-refractivity contribution in [3.63, 3.8) is 0 Å². The van der Waals surface area contributed by atoms with Gasteiger partial charge in [-0.3, -0.25) is 0 Å². The first-order chi connectivity index (χ1) is 8.32. The number of ether oxygens (including phenoxy) is 1. The molecule has 3 heteroatoms. The smallest absolute Gasteiger partial charge is 0.341 e. The monoisotopic (exact) mass is 250 g/mol. The minimum Gasteiger partial charge on any atom is -0.481 e. The van der Waals surface area contributed by atoms with Gasteiger partial charge in [-0.05, 0) is 29.9 Å². The summed E-state index contributed by atoms with van der Waals surface area (Å²) in [5, 5.41) is 8.76. The highest BCUT2D eigenvalue weighted by Crippen LogP contribution is 2.35. The normalized spacial score (nSPS) is 11.1. The van der Waals surface area contributed by atoms with Crippen LogP contribution in [-0.4, -0.2) is 17.7 Å². The van der Waals surface area contributed by atoms with Gasteiger partial charge in [-0.15, -0.1) is 0 Å². The molecule has 0 spiro atoms. The third-order valence-electron chi connectivity index (χ3n) is 2.87. The first-order valence-electron chi connectivity index (χ1n) is 6.32. The molecule has 3 nitrogen and oxygen atoms in total. The van der Waals surface area contributed by atoms with E-state index in [0.29, 0.717) is 11.8 Å². The Labute approximate surface area is 109 Å². The molecule has 0 radical (unpaired) electrons. The number of carboxylic acid groups (broad SMARTS) is 1. The van der Waals surface area contributed by atoms with Crippen molar-refractivity contribution in [2.75, 3.05) is 6.61 Å². The molecule has 0 atom stereocenters. The van der Waals surface area contributed by atoms with Gasteiger partial charge >= 0.3 is 5.97 Å². The summed E-state index contributed by atoms with van der Waals surface area (Å²) in [6.45, 7) is 10.1. The molecular weight excluding hydrogens is 228 g/mol. The van der Waals surface area contributed by atoms with E-state index in [1.165, 1.54) is 5.56 Å². The molecule has 1 aromatic rings. The standard InChI is InChI=1S/C15H22O3/c1-9(2)12-6-11(5)7-13(10(3)4)15(12)18-8-14(16)17/h6-7,9-10H,8H2,1-5H3,(H,16,17). The van der Waals surface area contributed by atoms with Crippen LogP contribution in [0.1, 0.15) is 56.2 Å². The maximum atomic E-state index is 10.7. The van der Waals surface area contributed by atoms with E-state index in [1.807, 2.05) is 0 Å². The number of hydrogen-bond donors (Lipinski definition) is 1. The van der Waals surface area contributed by atoms with Gasteiger partial charge in [0.25, 0.3) is 0 Å². The van der Waals surface area contributed by atoms with Gasteiger partial charge in [0.05, 0.1) is 0 Å². The van der Waals surface area contributed by atoms with Crippen LogP contribution in [0.2, 0.25) is 0 Å². The zero-order valence-electron chi connectivity index (χ0n) is 11.8. The fraction of sp³-hybridized carbons (Fsp3) is 0.533. The van der Waals surface area contributed by atoms with Gasteiger partial charge in [0.2, 0.25) is 0 Å². The lowest BCUT2D eigenvalue weighted by Crippen LogP contribution is -2.13. The maximum Gasteiger partial charge on any atom is 0.341 e. The highest BCUT2D eigenvalue weighted by Gasteiger charge is 2.17. The Morgan fingerprint density at radius 2 is 1.61 bits per heavy atom. The molecule has 0 aliphatic rings. The van der Waals surface area contributed by atoms with Gasteiger partial charge in [-0.1, -0.05) is 45.4 Å². The lowest BCUT2D eigenvalue weighted by atomic mass is 9.92. The quantitative estimate of drug-likeness (QED) is 0.866. The Hall–Kier alpha value is -1.51. The summed E-state index contributed by atoms with van der Waals surface area (Å²) >= 11 is 0. The lowest BCUT2D eigenvalue weighted by Gasteiger charge is -2.20. The molecule has 0 heterocycles. The molecule has 0 aromatic heterocycles. The molecule has 1 N–H and O–H groups in total. The zero-order valence-corrected chi connectivity index (χ0v) is 11.8. The molecule has 0 amide bonds. The van der Waals surface area contributed by atoms with Crippen molar-refractivity contribution in [3.05, 3.63) is 28.8 Å².